The molecule has 1 N–H and O–H groups in total. The minimum absolute atomic E-state index is 0.205. The van der Waals surface area contributed by atoms with Crippen LogP contribution in [-0.2, 0) is 4.79 Å². The van der Waals surface area contributed by atoms with Gasteiger partial charge >= 0.3 is 0 Å². The number of carbonyl (C=O) groups is 1. The molecule has 2 atom stereocenters. The molecule has 0 aromatic rings. The fourth-order valence-corrected chi connectivity index (χ4v) is 1.79. The molecule has 2 aliphatic heterocycles. The van der Waals surface area contributed by atoms with Gasteiger partial charge in [-0.3, -0.25) is 9.69 Å². The number of hydrogen-bond acceptors (Lipinski definition) is 2. The van der Waals surface area contributed by atoms with E-state index in [1.807, 2.05) is 0 Å². The Kier molecular flexibility index (Phi) is 1.38. The normalized spacial score (nSPS) is 39.0. The highest BCUT2D eigenvalue weighted by Crippen LogP contribution is 2.12. The first-order valence-electron chi connectivity index (χ1n) is 3.86. The quantitative estimate of drug-likeness (QED) is 0.495. The van der Waals surface area contributed by atoms with Crippen LogP contribution < -0.4 is 5.32 Å². The lowest BCUT2D eigenvalue weighted by molar-refractivity contribution is -0.126. The number of fused-ring (bicyclic) bond motifs is 2. The number of nitrogens with one attached hydrogen (secondary N) is 1. The van der Waals surface area contributed by atoms with Crippen molar-refractivity contribution in [3.8, 4) is 0 Å². The second-order valence-corrected chi connectivity index (χ2v) is 3.14. The lowest BCUT2D eigenvalue weighted by Gasteiger charge is -2.37. The van der Waals surface area contributed by atoms with E-state index in [4.69, 9.17) is 0 Å². The summed E-state index contributed by atoms with van der Waals surface area (Å²) in [6.45, 7) is 2.81. The summed E-state index contributed by atoms with van der Waals surface area (Å²) in [6, 6.07) is 0.454. The number of nitrogens with zero attached hydrogens (tertiary/aromatic N) is 1. The van der Waals surface area contributed by atoms with Gasteiger partial charge in [-0.2, -0.15) is 0 Å². The van der Waals surface area contributed by atoms with Gasteiger partial charge in [0.25, 0.3) is 0 Å². The molecule has 2 saturated heterocycles. The zero-order valence-corrected chi connectivity index (χ0v) is 5.97. The van der Waals surface area contributed by atoms with E-state index in [0.29, 0.717) is 12.6 Å². The van der Waals surface area contributed by atoms with Crippen molar-refractivity contribution in [1.29, 1.82) is 0 Å². The van der Waals surface area contributed by atoms with Crippen LogP contribution in [0.5, 0.6) is 0 Å². The van der Waals surface area contributed by atoms with Crippen LogP contribution in [0.4, 0.5) is 0 Å². The molecular formula is C7H12N2O. The molecule has 2 rings (SSSR count). The molecular weight excluding hydrogens is 128 g/mol. The minimum atomic E-state index is 0.205. The van der Waals surface area contributed by atoms with E-state index in [1.165, 1.54) is 12.8 Å². The van der Waals surface area contributed by atoms with Crippen LogP contribution in [-0.4, -0.2) is 36.5 Å². The smallest absolute Gasteiger partial charge is 0.234 e. The third-order valence-corrected chi connectivity index (χ3v) is 2.24. The standard InChI is InChI=1S/C7H12N2O/c10-7-5-9-3-1-2-6(4-9)8-7/h6H,1-5H2,(H,8,10). The van der Waals surface area contributed by atoms with Crippen LogP contribution >= 0.6 is 0 Å². The van der Waals surface area contributed by atoms with Crippen molar-refractivity contribution < 1.29 is 4.79 Å². The fourth-order valence-electron chi connectivity index (χ4n) is 1.79. The van der Waals surface area contributed by atoms with Crippen LogP contribution in [0.15, 0.2) is 0 Å². The number of piperidine rings is 1. The third kappa shape index (κ3) is 1.01. The largest absolute Gasteiger partial charge is 0.351 e. The summed E-state index contributed by atoms with van der Waals surface area (Å²) < 4.78 is 0. The van der Waals surface area contributed by atoms with Crippen LogP contribution in [0.25, 0.3) is 0 Å². The van der Waals surface area contributed by atoms with Crippen molar-refractivity contribution in [2.45, 2.75) is 18.9 Å². The predicted molar refractivity (Wildman–Crippen MR) is 37.6 cm³/mol. The van der Waals surface area contributed by atoms with Gasteiger partial charge in [0.1, 0.15) is 0 Å². The maximum absolute atomic E-state index is 10.9. The maximum atomic E-state index is 10.9. The molecule has 10 heavy (non-hydrogen) atoms. The fraction of sp³-hybridized carbons (Fsp3) is 0.857. The highest BCUT2D eigenvalue weighted by Gasteiger charge is 2.27. The molecule has 3 nitrogen and oxygen atoms in total. The van der Waals surface area contributed by atoms with Crippen molar-refractivity contribution in [1.82, 2.24) is 10.2 Å². The Bertz CT molecular complexity index is 144. The monoisotopic (exact) mass is 140 g/mol. The van der Waals surface area contributed by atoms with Gasteiger partial charge in [-0.25, -0.2) is 0 Å². The lowest BCUT2D eigenvalue weighted by Crippen LogP contribution is -2.56. The van der Waals surface area contributed by atoms with Crippen molar-refractivity contribution in [3.05, 3.63) is 0 Å². The molecule has 2 heterocycles. The van der Waals surface area contributed by atoms with Crippen molar-refractivity contribution in [2.75, 3.05) is 19.6 Å². The summed E-state index contributed by atoms with van der Waals surface area (Å²) >= 11 is 0. The van der Waals surface area contributed by atoms with E-state index in [2.05, 4.69) is 10.2 Å². The van der Waals surface area contributed by atoms with E-state index in [1.54, 1.807) is 0 Å². The Morgan fingerprint density at radius 1 is 1.60 bits per heavy atom. The zero-order chi connectivity index (χ0) is 6.97. The number of carbonyl (C=O) groups excluding carboxylic acids is 1. The molecule has 2 aliphatic rings. The molecule has 2 bridgehead atoms. The number of rotatable bonds is 0. The van der Waals surface area contributed by atoms with Crippen molar-refractivity contribution >= 4 is 5.91 Å². The Labute approximate surface area is 60.4 Å². The molecule has 0 aromatic carbocycles. The summed E-state index contributed by atoms with van der Waals surface area (Å²) in [4.78, 5) is 13.2. The predicted octanol–water partition coefficient (Wildman–Crippen LogP) is -0.419. The van der Waals surface area contributed by atoms with Crippen LogP contribution in [0.2, 0.25) is 0 Å². The second kappa shape index (κ2) is 2.23. The molecule has 0 saturated carbocycles. The van der Waals surface area contributed by atoms with E-state index < -0.39 is 0 Å². The first kappa shape index (κ1) is 6.16. The average Bonchev–Trinajstić information content (AvgIpc) is 1.85. The van der Waals surface area contributed by atoms with Gasteiger partial charge in [-0.15, -0.1) is 0 Å². The second-order valence-electron chi connectivity index (χ2n) is 3.14. The number of amides is 1. The Balaban J connectivity index is 2.05. The first-order chi connectivity index (χ1) is 4.84. The van der Waals surface area contributed by atoms with Gasteiger partial charge < -0.3 is 5.32 Å². The number of hydrogen-bond donors (Lipinski definition) is 1. The Morgan fingerprint density at radius 3 is 3.30 bits per heavy atom. The molecule has 56 valence electrons. The van der Waals surface area contributed by atoms with Crippen LogP contribution in [0.3, 0.4) is 0 Å². The summed E-state index contributed by atoms with van der Waals surface area (Å²) in [5, 5.41) is 2.97. The molecule has 0 aromatic heterocycles. The summed E-state index contributed by atoms with van der Waals surface area (Å²) in [7, 11) is 0. The Hall–Kier alpha value is -0.570. The number of piperazine rings is 1. The molecule has 3 heteroatoms. The van der Waals surface area contributed by atoms with E-state index in [9.17, 15) is 4.79 Å². The molecule has 2 fully saturated rings. The van der Waals surface area contributed by atoms with Gasteiger partial charge in [-0.1, -0.05) is 0 Å². The Morgan fingerprint density at radius 2 is 2.50 bits per heavy atom. The summed E-state index contributed by atoms with van der Waals surface area (Å²) in [5.74, 6) is 0.205. The van der Waals surface area contributed by atoms with Gasteiger partial charge in [0.05, 0.1) is 6.54 Å². The van der Waals surface area contributed by atoms with E-state index in [-0.39, 0.29) is 5.91 Å². The minimum Gasteiger partial charge on any atom is -0.351 e. The highest BCUT2D eigenvalue weighted by molar-refractivity contribution is 5.79. The summed E-state index contributed by atoms with van der Waals surface area (Å²) in [5.41, 5.74) is 0. The zero-order valence-electron chi connectivity index (χ0n) is 5.97. The highest BCUT2D eigenvalue weighted by atomic mass is 16.2. The third-order valence-electron chi connectivity index (χ3n) is 2.24. The maximum Gasteiger partial charge on any atom is 0.234 e. The van der Waals surface area contributed by atoms with E-state index >= 15 is 0 Å². The molecule has 0 spiro atoms. The first-order valence-corrected chi connectivity index (χ1v) is 3.86. The van der Waals surface area contributed by atoms with Crippen molar-refractivity contribution in [3.63, 3.8) is 0 Å². The molecule has 0 radical (unpaired) electrons. The van der Waals surface area contributed by atoms with E-state index in [0.717, 1.165) is 13.1 Å². The van der Waals surface area contributed by atoms with Gasteiger partial charge in [0, 0.05) is 12.6 Å². The van der Waals surface area contributed by atoms with Gasteiger partial charge in [0.15, 0.2) is 0 Å². The summed E-state index contributed by atoms with van der Waals surface area (Å²) in [6.07, 6.45) is 2.41. The lowest BCUT2D eigenvalue weighted by atomic mass is 10.0. The van der Waals surface area contributed by atoms with Crippen molar-refractivity contribution in [2.24, 2.45) is 0 Å². The molecule has 1 amide bonds. The topological polar surface area (TPSA) is 32.3 Å². The van der Waals surface area contributed by atoms with Gasteiger partial charge in [0.2, 0.25) is 5.91 Å². The van der Waals surface area contributed by atoms with Crippen LogP contribution in [0.1, 0.15) is 12.8 Å². The molecule has 2 unspecified atom stereocenters. The van der Waals surface area contributed by atoms with Crippen LogP contribution in [0, 0.1) is 0 Å². The average molecular weight is 140 g/mol. The molecule has 0 aliphatic carbocycles. The van der Waals surface area contributed by atoms with Gasteiger partial charge in [-0.05, 0) is 19.4 Å². The SMILES string of the molecule is O=C1CN2CCCC(C2)N1.